The van der Waals surface area contributed by atoms with Crippen LogP contribution in [-0.4, -0.2) is 29.9 Å². The van der Waals surface area contributed by atoms with Crippen molar-refractivity contribution in [3.8, 4) is 11.8 Å². The fourth-order valence-electron chi connectivity index (χ4n) is 2.11. The highest BCUT2D eigenvalue weighted by Gasteiger charge is 2.50. The number of halogens is 9. The Balaban J connectivity index is 2.74. The molecule has 0 aliphatic rings. The van der Waals surface area contributed by atoms with Gasteiger partial charge >= 0.3 is 11.7 Å². The first-order chi connectivity index (χ1) is 12.6. The van der Waals surface area contributed by atoms with E-state index in [4.69, 9.17) is 28.5 Å². The zero-order valence-electron chi connectivity index (χ0n) is 12.8. The number of hydrogen-bond acceptors (Lipinski definition) is 4. The molecule has 0 fully saturated rings. The van der Waals surface area contributed by atoms with Crippen LogP contribution in [0.5, 0.6) is 0 Å². The Kier molecular flexibility index (Phi) is 6.02. The first-order valence-electron chi connectivity index (χ1n) is 6.65. The summed E-state index contributed by atoms with van der Waals surface area (Å²) in [6.07, 6.45) is -5.97. The highest BCUT2D eigenvalue weighted by Crippen LogP contribution is 2.40. The van der Waals surface area contributed by atoms with Crippen LogP contribution in [0.1, 0.15) is 11.3 Å². The third kappa shape index (κ3) is 4.24. The molecule has 0 N–H and O–H groups in total. The summed E-state index contributed by atoms with van der Waals surface area (Å²) < 4.78 is 99.3. The van der Waals surface area contributed by atoms with Crippen molar-refractivity contribution in [3.05, 3.63) is 38.0 Å². The number of alkyl halides is 6. The summed E-state index contributed by atoms with van der Waals surface area (Å²) in [6, 6.07) is 2.89. The van der Waals surface area contributed by atoms with Crippen molar-refractivity contribution < 1.29 is 34.8 Å². The fraction of sp³-hybridized carbons (Fsp3) is 0.231. The average Bonchev–Trinajstić information content (AvgIpc) is 2.81. The Morgan fingerprint density at radius 2 is 1.64 bits per heavy atom. The van der Waals surface area contributed by atoms with Gasteiger partial charge in [0, 0.05) is 0 Å². The number of nitriles is 1. The third-order valence-electron chi connectivity index (χ3n) is 3.16. The number of rotatable bonds is 3. The molecule has 15 heteroatoms. The molecule has 1 aromatic heterocycles. The SMILES string of the molecule is N#Cc1nn(-c2c(Cl)cc(CC(F)(F)F)cc2Cl)c(Br)c1S(=O)(=O)C(F)(F)F. The summed E-state index contributed by atoms with van der Waals surface area (Å²) >= 11 is 14.4. The Bertz CT molecular complexity index is 1070. The Labute approximate surface area is 171 Å². The highest BCUT2D eigenvalue weighted by molar-refractivity contribution is 9.10. The largest absolute Gasteiger partial charge is 0.502 e. The van der Waals surface area contributed by atoms with E-state index in [2.05, 4.69) is 21.0 Å². The van der Waals surface area contributed by atoms with E-state index >= 15 is 0 Å². The van der Waals surface area contributed by atoms with Crippen LogP contribution in [-0.2, 0) is 16.3 Å². The lowest BCUT2D eigenvalue weighted by Gasteiger charge is -2.13. The number of benzene rings is 1. The van der Waals surface area contributed by atoms with E-state index in [1.807, 2.05) is 0 Å². The molecule has 0 radical (unpaired) electrons. The van der Waals surface area contributed by atoms with Crippen molar-refractivity contribution in [2.24, 2.45) is 0 Å². The van der Waals surface area contributed by atoms with Crippen molar-refractivity contribution in [3.63, 3.8) is 0 Å². The van der Waals surface area contributed by atoms with E-state index in [0.29, 0.717) is 4.68 Å². The monoisotopic (exact) mass is 529 g/mol. The summed E-state index contributed by atoms with van der Waals surface area (Å²) in [4.78, 5) is -1.48. The Hall–Kier alpha value is -1.49. The van der Waals surface area contributed by atoms with Crippen LogP contribution in [0.15, 0.2) is 21.6 Å². The van der Waals surface area contributed by atoms with Gasteiger partial charge in [-0.15, -0.1) is 0 Å². The van der Waals surface area contributed by atoms with Crippen LogP contribution in [0.25, 0.3) is 5.69 Å². The molecule has 0 unspecified atom stereocenters. The van der Waals surface area contributed by atoms with Crippen LogP contribution >= 0.6 is 39.1 Å². The molecule has 0 aliphatic carbocycles. The van der Waals surface area contributed by atoms with Crippen molar-refractivity contribution in [1.82, 2.24) is 9.78 Å². The van der Waals surface area contributed by atoms with Gasteiger partial charge in [0.15, 0.2) is 5.69 Å². The molecule has 0 aliphatic heterocycles. The van der Waals surface area contributed by atoms with E-state index in [1.165, 1.54) is 6.07 Å². The van der Waals surface area contributed by atoms with Gasteiger partial charge in [-0.05, 0) is 33.6 Å². The molecule has 152 valence electrons. The molecule has 0 amide bonds. The lowest BCUT2D eigenvalue weighted by molar-refractivity contribution is -0.127. The predicted molar refractivity (Wildman–Crippen MR) is 89.0 cm³/mol. The van der Waals surface area contributed by atoms with E-state index in [9.17, 15) is 34.8 Å². The van der Waals surface area contributed by atoms with Gasteiger partial charge < -0.3 is 0 Å². The molecule has 0 saturated carbocycles. The Morgan fingerprint density at radius 1 is 1.14 bits per heavy atom. The number of hydrogen-bond donors (Lipinski definition) is 0. The molecular formula is C13H4BrCl2F6N3O2S. The number of sulfone groups is 1. The lowest BCUT2D eigenvalue weighted by Crippen LogP contribution is -2.24. The molecule has 0 saturated heterocycles. The number of aromatic nitrogens is 2. The maximum absolute atomic E-state index is 12.9. The molecular weight excluding hydrogens is 527 g/mol. The van der Waals surface area contributed by atoms with Gasteiger partial charge in [-0.25, -0.2) is 13.1 Å². The minimum Gasteiger partial charge on any atom is -0.221 e. The van der Waals surface area contributed by atoms with Gasteiger partial charge in [0.05, 0.1) is 16.5 Å². The zero-order valence-corrected chi connectivity index (χ0v) is 16.7. The van der Waals surface area contributed by atoms with Crippen LogP contribution in [0, 0.1) is 11.3 Å². The number of nitrogens with zero attached hydrogens (tertiary/aromatic N) is 3. The lowest BCUT2D eigenvalue weighted by atomic mass is 10.1. The van der Waals surface area contributed by atoms with Gasteiger partial charge in [0.2, 0.25) is 0 Å². The normalized spacial score (nSPS) is 12.9. The van der Waals surface area contributed by atoms with Crippen LogP contribution in [0.3, 0.4) is 0 Å². The summed E-state index contributed by atoms with van der Waals surface area (Å²) in [7, 11) is -5.98. The topological polar surface area (TPSA) is 75.8 Å². The second kappa shape index (κ2) is 7.40. The van der Waals surface area contributed by atoms with Gasteiger partial charge in [0.25, 0.3) is 9.84 Å². The third-order valence-corrected chi connectivity index (χ3v) is 6.27. The van der Waals surface area contributed by atoms with Gasteiger partial charge in [-0.3, -0.25) is 0 Å². The highest BCUT2D eigenvalue weighted by atomic mass is 79.9. The molecule has 2 rings (SSSR count). The van der Waals surface area contributed by atoms with Crippen LogP contribution in [0.2, 0.25) is 10.0 Å². The fourth-order valence-corrected chi connectivity index (χ4v) is 4.77. The van der Waals surface area contributed by atoms with Crippen LogP contribution in [0.4, 0.5) is 26.3 Å². The second-order valence-electron chi connectivity index (χ2n) is 5.14. The summed E-state index contributed by atoms with van der Waals surface area (Å²) in [6.45, 7) is 0. The quantitative estimate of drug-likeness (QED) is 0.510. The zero-order chi connectivity index (χ0) is 21.7. The van der Waals surface area contributed by atoms with Crippen molar-refractivity contribution >= 4 is 49.0 Å². The first kappa shape index (κ1) is 22.8. The van der Waals surface area contributed by atoms with E-state index < -0.39 is 58.9 Å². The minimum atomic E-state index is -5.98. The maximum Gasteiger partial charge on any atom is 0.502 e. The van der Waals surface area contributed by atoms with Crippen molar-refractivity contribution in [2.75, 3.05) is 0 Å². The van der Waals surface area contributed by atoms with Crippen LogP contribution < -0.4 is 0 Å². The minimum absolute atomic E-state index is 0.349. The van der Waals surface area contributed by atoms with E-state index in [1.54, 1.807) is 0 Å². The average molecular weight is 531 g/mol. The second-order valence-corrected chi connectivity index (χ2v) is 8.58. The molecule has 1 aromatic carbocycles. The molecule has 0 atom stereocenters. The summed E-state index contributed by atoms with van der Waals surface area (Å²) in [5.41, 5.74) is -7.62. The molecule has 0 bridgehead atoms. The predicted octanol–water partition coefficient (Wildman–Crippen LogP) is 5.21. The summed E-state index contributed by atoms with van der Waals surface area (Å²) in [5, 5.41) is 11.5. The molecule has 28 heavy (non-hydrogen) atoms. The molecule has 2 aromatic rings. The van der Waals surface area contributed by atoms with Crippen molar-refractivity contribution in [1.29, 1.82) is 5.26 Å². The first-order valence-corrected chi connectivity index (χ1v) is 9.68. The van der Waals surface area contributed by atoms with E-state index in [-0.39, 0.29) is 5.56 Å². The molecule has 5 nitrogen and oxygen atoms in total. The molecule has 1 heterocycles. The Morgan fingerprint density at radius 3 is 2.04 bits per heavy atom. The standard InChI is InChI=1S/C13H4BrCl2F6N3O2S/c14-11-10(28(26,27)13(20,21)22)8(4-23)24-25(11)9-6(15)1-5(2-7(9)16)3-12(17,18)19/h1-2H,3H2. The van der Waals surface area contributed by atoms with Gasteiger partial charge in [-0.2, -0.15) is 36.7 Å². The maximum atomic E-state index is 12.9. The van der Waals surface area contributed by atoms with Gasteiger partial charge in [-0.1, -0.05) is 23.2 Å². The smallest absolute Gasteiger partial charge is 0.221 e. The molecule has 0 spiro atoms. The van der Waals surface area contributed by atoms with Crippen molar-refractivity contribution in [2.45, 2.75) is 23.0 Å². The van der Waals surface area contributed by atoms with E-state index in [0.717, 1.165) is 12.1 Å². The summed E-state index contributed by atoms with van der Waals surface area (Å²) in [5.74, 6) is 0. The van der Waals surface area contributed by atoms with Gasteiger partial charge in [0.1, 0.15) is 21.3 Å².